The second-order valence-electron chi connectivity index (χ2n) is 6.54. The number of benzene rings is 1. The number of pyridine rings is 1. The van der Waals surface area contributed by atoms with E-state index in [1.165, 1.54) is 0 Å². The van der Waals surface area contributed by atoms with E-state index in [9.17, 15) is 9.59 Å². The Balaban J connectivity index is 1.46. The van der Waals surface area contributed by atoms with Gasteiger partial charge in [0, 0.05) is 24.8 Å². The van der Waals surface area contributed by atoms with Gasteiger partial charge in [-0.1, -0.05) is 24.3 Å². The molecule has 2 heterocycles. The zero-order valence-corrected chi connectivity index (χ0v) is 15.0. The van der Waals surface area contributed by atoms with E-state index in [-0.39, 0.29) is 17.7 Å². The Morgan fingerprint density at radius 1 is 1.12 bits per heavy atom. The average molecular weight is 352 g/mol. The van der Waals surface area contributed by atoms with E-state index < -0.39 is 0 Å². The molecular weight excluding hydrogens is 328 g/mol. The van der Waals surface area contributed by atoms with Gasteiger partial charge in [0.1, 0.15) is 5.82 Å². The summed E-state index contributed by atoms with van der Waals surface area (Å²) < 4.78 is 0. The van der Waals surface area contributed by atoms with Gasteiger partial charge in [0.15, 0.2) is 0 Å². The summed E-state index contributed by atoms with van der Waals surface area (Å²) in [6.07, 6.45) is 3.16. The van der Waals surface area contributed by atoms with Crippen molar-refractivity contribution < 1.29 is 9.59 Å². The van der Waals surface area contributed by atoms with Gasteiger partial charge >= 0.3 is 0 Å². The number of para-hydroxylation sites is 1. The Hall–Kier alpha value is -2.73. The largest absolute Gasteiger partial charge is 0.314 e. The van der Waals surface area contributed by atoms with Gasteiger partial charge in [-0.25, -0.2) is 4.98 Å². The molecule has 0 saturated carbocycles. The van der Waals surface area contributed by atoms with Gasteiger partial charge < -0.3 is 10.2 Å². The molecule has 1 N–H and O–H groups in total. The summed E-state index contributed by atoms with van der Waals surface area (Å²) in [5, 5.41) is 2.86. The van der Waals surface area contributed by atoms with Crippen molar-refractivity contribution in [1.82, 2.24) is 9.88 Å². The van der Waals surface area contributed by atoms with Crippen LogP contribution in [0.2, 0.25) is 0 Å². The molecule has 1 fully saturated rings. The quantitative estimate of drug-likeness (QED) is 0.897. The molecule has 2 amide bonds. The van der Waals surface area contributed by atoms with E-state index in [0.29, 0.717) is 12.4 Å². The summed E-state index contributed by atoms with van der Waals surface area (Å²) in [6, 6.07) is 15.1. The number of carbonyl (C=O) groups is 2. The monoisotopic (exact) mass is 352 g/mol. The fraction of sp³-hybridized carbons (Fsp3) is 0.350. The highest BCUT2D eigenvalue weighted by atomic mass is 16.2. The molecule has 0 unspecified atom stereocenters. The predicted octanol–water partition coefficient (Wildman–Crippen LogP) is 2.40. The number of hydrogen-bond acceptors (Lipinski definition) is 4. The molecule has 26 heavy (non-hydrogen) atoms. The van der Waals surface area contributed by atoms with Crippen molar-refractivity contribution in [2.45, 2.75) is 12.8 Å². The second kappa shape index (κ2) is 8.58. The Morgan fingerprint density at radius 3 is 2.46 bits per heavy atom. The van der Waals surface area contributed by atoms with Crippen LogP contribution in [0.3, 0.4) is 0 Å². The van der Waals surface area contributed by atoms with Crippen LogP contribution in [-0.4, -0.2) is 48.4 Å². The summed E-state index contributed by atoms with van der Waals surface area (Å²) in [5.41, 5.74) is 0.891. The summed E-state index contributed by atoms with van der Waals surface area (Å²) >= 11 is 0. The van der Waals surface area contributed by atoms with Crippen molar-refractivity contribution in [3.05, 3.63) is 54.7 Å². The van der Waals surface area contributed by atoms with Crippen LogP contribution >= 0.6 is 0 Å². The Bertz CT molecular complexity index is 728. The third-order valence-corrected chi connectivity index (χ3v) is 4.75. The number of rotatable bonds is 5. The normalized spacial score (nSPS) is 15.4. The summed E-state index contributed by atoms with van der Waals surface area (Å²) in [7, 11) is 1.80. The Labute approximate surface area is 153 Å². The van der Waals surface area contributed by atoms with Crippen molar-refractivity contribution in [1.29, 1.82) is 0 Å². The highest BCUT2D eigenvalue weighted by Gasteiger charge is 2.26. The molecule has 136 valence electrons. The molecule has 3 rings (SSSR count). The third-order valence-electron chi connectivity index (χ3n) is 4.75. The highest BCUT2D eigenvalue weighted by Crippen LogP contribution is 2.19. The molecule has 0 aliphatic carbocycles. The zero-order valence-electron chi connectivity index (χ0n) is 15.0. The van der Waals surface area contributed by atoms with Crippen LogP contribution < -0.4 is 10.2 Å². The summed E-state index contributed by atoms with van der Waals surface area (Å²) in [5.74, 6) is 0.624. The van der Waals surface area contributed by atoms with E-state index in [0.717, 1.165) is 31.6 Å². The fourth-order valence-corrected chi connectivity index (χ4v) is 3.11. The van der Waals surface area contributed by atoms with Gasteiger partial charge in [-0.2, -0.15) is 0 Å². The molecule has 1 aliphatic heterocycles. The topological polar surface area (TPSA) is 65.5 Å². The molecule has 1 aromatic heterocycles. The van der Waals surface area contributed by atoms with Gasteiger partial charge in [-0.3, -0.25) is 14.5 Å². The SMILES string of the molecule is CN(C(=O)CN1CCC(C(=O)Nc2ccccn2)CC1)c1ccccc1. The smallest absolute Gasteiger partial charge is 0.240 e. The van der Waals surface area contributed by atoms with Crippen LogP contribution in [0.1, 0.15) is 12.8 Å². The molecule has 1 aliphatic rings. The van der Waals surface area contributed by atoms with Crippen molar-refractivity contribution in [3.63, 3.8) is 0 Å². The molecule has 1 aromatic carbocycles. The van der Waals surface area contributed by atoms with E-state index >= 15 is 0 Å². The number of nitrogens with one attached hydrogen (secondary N) is 1. The fourth-order valence-electron chi connectivity index (χ4n) is 3.11. The molecular formula is C20H24N4O2. The minimum absolute atomic E-state index is 0.0103. The second-order valence-corrected chi connectivity index (χ2v) is 6.54. The lowest BCUT2D eigenvalue weighted by Gasteiger charge is -2.31. The van der Waals surface area contributed by atoms with Gasteiger partial charge in [-0.15, -0.1) is 0 Å². The van der Waals surface area contributed by atoms with Crippen LogP contribution in [0.5, 0.6) is 0 Å². The highest BCUT2D eigenvalue weighted by molar-refractivity contribution is 5.94. The predicted molar refractivity (Wildman–Crippen MR) is 102 cm³/mol. The van der Waals surface area contributed by atoms with Crippen LogP contribution in [-0.2, 0) is 9.59 Å². The van der Waals surface area contributed by atoms with Crippen molar-refractivity contribution in [3.8, 4) is 0 Å². The maximum absolute atomic E-state index is 12.5. The lowest BCUT2D eigenvalue weighted by atomic mass is 9.96. The minimum atomic E-state index is -0.0322. The molecule has 0 radical (unpaired) electrons. The van der Waals surface area contributed by atoms with Crippen LogP contribution in [0.25, 0.3) is 0 Å². The number of piperidine rings is 1. The van der Waals surface area contributed by atoms with E-state index in [1.807, 2.05) is 42.5 Å². The number of amides is 2. The first kappa shape index (κ1) is 18.1. The van der Waals surface area contributed by atoms with Crippen LogP contribution in [0, 0.1) is 5.92 Å². The Morgan fingerprint density at radius 2 is 1.81 bits per heavy atom. The molecule has 1 saturated heterocycles. The lowest BCUT2D eigenvalue weighted by molar-refractivity contribution is -0.122. The molecule has 0 spiro atoms. The van der Waals surface area contributed by atoms with Crippen molar-refractivity contribution >= 4 is 23.3 Å². The number of anilines is 2. The summed E-state index contributed by atoms with van der Waals surface area (Å²) in [6.45, 7) is 1.86. The van der Waals surface area contributed by atoms with Gasteiger partial charge in [0.05, 0.1) is 6.54 Å². The number of hydrogen-bond donors (Lipinski definition) is 1. The van der Waals surface area contributed by atoms with Gasteiger partial charge in [0.2, 0.25) is 11.8 Å². The molecule has 0 bridgehead atoms. The number of carbonyl (C=O) groups excluding carboxylic acids is 2. The molecule has 6 nitrogen and oxygen atoms in total. The maximum atomic E-state index is 12.5. The number of aromatic nitrogens is 1. The number of likely N-dealkylation sites (N-methyl/N-ethyl adjacent to an activating group) is 1. The molecule has 6 heteroatoms. The van der Waals surface area contributed by atoms with Crippen LogP contribution in [0.4, 0.5) is 11.5 Å². The first-order chi connectivity index (χ1) is 12.6. The molecule has 0 atom stereocenters. The van der Waals surface area contributed by atoms with E-state index in [1.54, 1.807) is 24.2 Å². The van der Waals surface area contributed by atoms with Gasteiger partial charge in [0.25, 0.3) is 0 Å². The summed E-state index contributed by atoms with van der Waals surface area (Å²) in [4.78, 5) is 32.7. The lowest BCUT2D eigenvalue weighted by Crippen LogP contribution is -2.44. The zero-order chi connectivity index (χ0) is 18.4. The number of nitrogens with zero attached hydrogens (tertiary/aromatic N) is 3. The molecule has 2 aromatic rings. The Kier molecular flexibility index (Phi) is 5.96. The van der Waals surface area contributed by atoms with E-state index in [4.69, 9.17) is 0 Å². The first-order valence-corrected chi connectivity index (χ1v) is 8.89. The minimum Gasteiger partial charge on any atom is -0.314 e. The van der Waals surface area contributed by atoms with Crippen molar-refractivity contribution in [2.24, 2.45) is 5.92 Å². The third kappa shape index (κ3) is 4.67. The maximum Gasteiger partial charge on any atom is 0.240 e. The van der Waals surface area contributed by atoms with Crippen LogP contribution in [0.15, 0.2) is 54.7 Å². The first-order valence-electron chi connectivity index (χ1n) is 8.89. The average Bonchev–Trinajstić information content (AvgIpc) is 2.69. The standard InChI is InChI=1S/C20H24N4O2/c1-23(17-7-3-2-4-8-17)19(25)15-24-13-10-16(11-14-24)20(26)22-18-9-5-6-12-21-18/h2-9,12,16H,10-11,13-15H2,1H3,(H,21,22,26). The van der Waals surface area contributed by atoms with Gasteiger partial charge in [-0.05, 0) is 50.2 Å². The van der Waals surface area contributed by atoms with Crippen molar-refractivity contribution in [2.75, 3.05) is 36.9 Å². The van der Waals surface area contributed by atoms with E-state index in [2.05, 4.69) is 15.2 Å². The number of likely N-dealkylation sites (tertiary alicyclic amines) is 1.